The summed E-state index contributed by atoms with van der Waals surface area (Å²) in [6, 6.07) is 10.8. The lowest BCUT2D eigenvalue weighted by Gasteiger charge is -2.06. The molecule has 1 amide bonds. The molecule has 5 nitrogen and oxygen atoms in total. The van der Waals surface area contributed by atoms with E-state index in [1.54, 1.807) is 0 Å². The number of rotatable bonds is 3. The molecular formula is C13H11BrN2O3. The highest BCUT2D eigenvalue weighted by atomic mass is 79.9. The van der Waals surface area contributed by atoms with Gasteiger partial charge in [0.2, 0.25) is 0 Å². The number of hydrogen-bond donors (Lipinski definition) is 2. The van der Waals surface area contributed by atoms with Crippen molar-refractivity contribution in [2.45, 2.75) is 6.61 Å². The van der Waals surface area contributed by atoms with Gasteiger partial charge in [-0.3, -0.25) is 10.1 Å². The van der Waals surface area contributed by atoms with Gasteiger partial charge >= 0.3 is 6.09 Å². The molecule has 0 saturated carbocycles. The summed E-state index contributed by atoms with van der Waals surface area (Å²) in [6.45, 7) is 0.151. The van der Waals surface area contributed by atoms with Crippen LogP contribution in [-0.4, -0.2) is 11.1 Å². The van der Waals surface area contributed by atoms with Crippen LogP contribution in [0.5, 0.6) is 0 Å². The summed E-state index contributed by atoms with van der Waals surface area (Å²) >= 11 is 3.20. The number of carbonyl (C=O) groups is 1. The fourth-order valence-electron chi connectivity index (χ4n) is 1.42. The van der Waals surface area contributed by atoms with Gasteiger partial charge in [0.15, 0.2) is 0 Å². The molecular weight excluding hydrogens is 312 g/mol. The molecule has 98 valence electrons. The molecule has 1 aromatic heterocycles. The molecule has 6 heteroatoms. The van der Waals surface area contributed by atoms with Gasteiger partial charge in [0.1, 0.15) is 12.3 Å². The third-order valence-corrected chi connectivity index (χ3v) is 2.78. The monoisotopic (exact) mass is 322 g/mol. The molecule has 0 bridgehead atoms. The van der Waals surface area contributed by atoms with Gasteiger partial charge in [-0.2, -0.15) is 0 Å². The summed E-state index contributed by atoms with van der Waals surface area (Å²) in [5, 5.41) is 2.39. The summed E-state index contributed by atoms with van der Waals surface area (Å²) in [5.41, 5.74) is 0.619. The highest BCUT2D eigenvalue weighted by molar-refractivity contribution is 9.10. The fraction of sp³-hybridized carbons (Fsp3) is 0.0769. The van der Waals surface area contributed by atoms with E-state index in [9.17, 15) is 9.59 Å². The number of benzene rings is 1. The average molecular weight is 323 g/mol. The van der Waals surface area contributed by atoms with Crippen LogP contribution in [0, 0.1) is 0 Å². The number of aromatic amines is 1. The normalized spacial score (nSPS) is 9.95. The second-order valence-electron chi connectivity index (χ2n) is 3.75. The van der Waals surface area contributed by atoms with Crippen LogP contribution in [0.2, 0.25) is 0 Å². The standard InChI is InChI=1S/C13H11BrN2O3/c14-10-6-11(12(17)15-7-10)16-13(18)19-8-9-4-2-1-3-5-9/h1-7H,8H2,(H,15,17)(H,16,18). The minimum atomic E-state index is -0.674. The zero-order valence-electron chi connectivity index (χ0n) is 9.85. The van der Waals surface area contributed by atoms with Crippen LogP contribution in [0.25, 0.3) is 0 Å². The van der Waals surface area contributed by atoms with Crippen molar-refractivity contribution in [2.24, 2.45) is 0 Å². The molecule has 1 heterocycles. The minimum Gasteiger partial charge on any atom is -0.444 e. The number of anilines is 1. The Balaban J connectivity index is 1.95. The van der Waals surface area contributed by atoms with Crippen LogP contribution < -0.4 is 10.9 Å². The van der Waals surface area contributed by atoms with Crippen molar-refractivity contribution >= 4 is 27.7 Å². The molecule has 0 fully saturated rings. The lowest BCUT2D eigenvalue weighted by atomic mass is 10.2. The molecule has 2 N–H and O–H groups in total. The molecule has 2 aromatic rings. The molecule has 1 aromatic carbocycles. The Morgan fingerprint density at radius 2 is 2.05 bits per heavy atom. The number of ether oxygens (including phenoxy) is 1. The highest BCUT2D eigenvalue weighted by Gasteiger charge is 2.07. The molecule has 0 aliphatic rings. The van der Waals surface area contributed by atoms with Crippen molar-refractivity contribution in [2.75, 3.05) is 5.32 Å². The maximum absolute atomic E-state index is 11.5. The second-order valence-corrected chi connectivity index (χ2v) is 4.66. The molecule has 0 unspecified atom stereocenters. The first kappa shape index (κ1) is 13.4. The topological polar surface area (TPSA) is 71.2 Å². The number of aromatic nitrogens is 1. The van der Waals surface area contributed by atoms with Crippen molar-refractivity contribution < 1.29 is 9.53 Å². The molecule has 0 radical (unpaired) electrons. The van der Waals surface area contributed by atoms with Gasteiger partial charge in [-0.1, -0.05) is 30.3 Å². The molecule has 0 saturated heterocycles. The van der Waals surface area contributed by atoms with Crippen LogP contribution >= 0.6 is 15.9 Å². The van der Waals surface area contributed by atoms with Crippen LogP contribution in [0.4, 0.5) is 10.5 Å². The predicted octanol–water partition coefficient (Wildman–Crippen LogP) is 2.89. The van der Waals surface area contributed by atoms with Crippen LogP contribution in [0.3, 0.4) is 0 Å². The van der Waals surface area contributed by atoms with Crippen molar-refractivity contribution in [1.82, 2.24) is 4.98 Å². The molecule has 0 aliphatic heterocycles. The zero-order valence-corrected chi connectivity index (χ0v) is 11.4. The van der Waals surface area contributed by atoms with Gasteiger partial charge in [0, 0.05) is 10.7 Å². The summed E-state index contributed by atoms with van der Waals surface area (Å²) in [6.07, 6.45) is 0.815. The number of H-pyrrole nitrogens is 1. The van der Waals surface area contributed by atoms with Gasteiger partial charge in [-0.15, -0.1) is 0 Å². The average Bonchev–Trinajstić information content (AvgIpc) is 2.42. The smallest absolute Gasteiger partial charge is 0.412 e. The van der Waals surface area contributed by atoms with E-state index in [2.05, 4.69) is 26.2 Å². The van der Waals surface area contributed by atoms with Crippen molar-refractivity contribution in [3.8, 4) is 0 Å². The Kier molecular flexibility index (Phi) is 4.35. The largest absolute Gasteiger partial charge is 0.444 e. The van der Waals surface area contributed by atoms with E-state index in [0.717, 1.165) is 5.56 Å². The Morgan fingerprint density at radius 3 is 2.79 bits per heavy atom. The van der Waals surface area contributed by atoms with Gasteiger partial charge in [-0.05, 0) is 27.6 Å². The maximum Gasteiger partial charge on any atom is 0.412 e. The van der Waals surface area contributed by atoms with Crippen LogP contribution in [-0.2, 0) is 11.3 Å². The first-order valence-electron chi connectivity index (χ1n) is 5.51. The Hall–Kier alpha value is -2.08. The molecule has 0 atom stereocenters. The summed E-state index contributed by atoms with van der Waals surface area (Å²) in [4.78, 5) is 25.5. The number of halogens is 1. The third kappa shape index (κ3) is 3.96. The van der Waals surface area contributed by atoms with Gasteiger partial charge in [0.05, 0.1) is 0 Å². The van der Waals surface area contributed by atoms with Crippen LogP contribution in [0.15, 0.2) is 51.9 Å². The number of nitrogens with one attached hydrogen (secondary N) is 2. The lowest BCUT2D eigenvalue weighted by Crippen LogP contribution is -2.20. The Bertz CT molecular complexity index is 625. The Labute approximate surface area is 117 Å². The van der Waals surface area contributed by atoms with Crippen molar-refractivity contribution in [3.05, 3.63) is 63.0 Å². The van der Waals surface area contributed by atoms with E-state index in [4.69, 9.17) is 4.74 Å². The predicted molar refractivity (Wildman–Crippen MR) is 75.0 cm³/mol. The molecule has 0 spiro atoms. The quantitative estimate of drug-likeness (QED) is 0.912. The lowest BCUT2D eigenvalue weighted by molar-refractivity contribution is 0.155. The van der Waals surface area contributed by atoms with Gasteiger partial charge < -0.3 is 9.72 Å². The zero-order chi connectivity index (χ0) is 13.7. The van der Waals surface area contributed by atoms with E-state index < -0.39 is 6.09 Å². The number of amides is 1. The molecule has 0 aliphatic carbocycles. The minimum absolute atomic E-state index is 0.132. The number of carbonyl (C=O) groups excluding carboxylic acids is 1. The summed E-state index contributed by atoms with van der Waals surface area (Å²) in [5.74, 6) is 0. The van der Waals surface area contributed by atoms with Gasteiger partial charge in [-0.25, -0.2) is 4.79 Å². The van der Waals surface area contributed by atoms with Crippen molar-refractivity contribution in [3.63, 3.8) is 0 Å². The summed E-state index contributed by atoms with van der Waals surface area (Å²) < 4.78 is 5.67. The number of pyridine rings is 1. The van der Waals surface area contributed by atoms with Crippen molar-refractivity contribution in [1.29, 1.82) is 0 Å². The highest BCUT2D eigenvalue weighted by Crippen LogP contribution is 2.10. The SMILES string of the molecule is O=C(Nc1cc(Br)c[nH]c1=O)OCc1ccccc1. The van der Waals surface area contributed by atoms with Gasteiger partial charge in [0.25, 0.3) is 5.56 Å². The molecule has 2 rings (SSSR count). The first-order chi connectivity index (χ1) is 9.15. The maximum atomic E-state index is 11.5. The van der Waals surface area contributed by atoms with E-state index in [1.807, 2.05) is 30.3 Å². The summed E-state index contributed by atoms with van der Waals surface area (Å²) in [7, 11) is 0. The Morgan fingerprint density at radius 1 is 1.32 bits per heavy atom. The third-order valence-electron chi connectivity index (χ3n) is 2.32. The molecule has 19 heavy (non-hydrogen) atoms. The van der Waals surface area contributed by atoms with E-state index in [0.29, 0.717) is 4.47 Å². The van der Waals surface area contributed by atoms with E-state index in [-0.39, 0.29) is 17.9 Å². The fourth-order valence-corrected chi connectivity index (χ4v) is 1.76. The van der Waals surface area contributed by atoms with E-state index >= 15 is 0 Å². The first-order valence-corrected chi connectivity index (χ1v) is 6.30. The second kappa shape index (κ2) is 6.19. The number of hydrogen-bond acceptors (Lipinski definition) is 3. The van der Waals surface area contributed by atoms with E-state index in [1.165, 1.54) is 12.3 Å². The van der Waals surface area contributed by atoms with Crippen LogP contribution in [0.1, 0.15) is 5.56 Å².